The molecule has 0 saturated carbocycles. The van der Waals surface area contributed by atoms with Crippen LogP contribution < -0.4 is 0 Å². The second-order valence-corrected chi connectivity index (χ2v) is 2.84. The molecule has 0 aromatic heterocycles. The molecule has 0 bridgehead atoms. The molecular weight excluding hydrogens is 159 g/mol. The van der Waals surface area contributed by atoms with Crippen LogP contribution in [-0.4, -0.2) is 5.11 Å². The summed E-state index contributed by atoms with van der Waals surface area (Å²) >= 11 is 0. The third-order valence-corrected chi connectivity index (χ3v) is 1.92. The van der Waals surface area contributed by atoms with Crippen LogP contribution >= 0.6 is 8.46 Å². The lowest BCUT2D eigenvalue weighted by Gasteiger charge is -1.97. The van der Waals surface area contributed by atoms with Crippen LogP contribution in [0, 0.1) is 0 Å². The van der Waals surface area contributed by atoms with Crippen molar-refractivity contribution in [2.24, 2.45) is 0 Å². The van der Waals surface area contributed by atoms with Crippen molar-refractivity contribution in [3.63, 3.8) is 0 Å². The van der Waals surface area contributed by atoms with Crippen LogP contribution in [0.3, 0.4) is 0 Å². The molecule has 0 heterocycles. The molecule has 1 N–H and O–H groups in total. The molecule has 0 spiro atoms. The summed E-state index contributed by atoms with van der Waals surface area (Å²) in [6.45, 7) is 0.0452. The van der Waals surface area contributed by atoms with Gasteiger partial charge in [0.15, 0.2) is 8.46 Å². The van der Waals surface area contributed by atoms with Gasteiger partial charge in [-0.1, -0.05) is 24.3 Å². The normalized spacial score (nSPS) is 10.3. The zero-order valence-electron chi connectivity index (χ0n) is 6.03. The lowest BCUT2D eigenvalue weighted by Crippen LogP contribution is -1.84. The van der Waals surface area contributed by atoms with Crippen molar-refractivity contribution in [2.45, 2.75) is 12.8 Å². The molecule has 0 atom stereocenters. The van der Waals surface area contributed by atoms with E-state index in [-0.39, 0.29) is 15.1 Å². The van der Waals surface area contributed by atoms with Crippen LogP contribution in [0.25, 0.3) is 0 Å². The average Bonchev–Trinajstić information content (AvgIpc) is 2.06. The van der Waals surface area contributed by atoms with Crippen molar-refractivity contribution in [3.05, 3.63) is 35.4 Å². The van der Waals surface area contributed by atoms with Crippen LogP contribution in [0.15, 0.2) is 24.3 Å². The summed E-state index contributed by atoms with van der Waals surface area (Å²) < 4.78 is 10.2. The second-order valence-electron chi connectivity index (χ2n) is 2.27. The van der Waals surface area contributed by atoms with Gasteiger partial charge in [0, 0.05) is 0 Å². The summed E-state index contributed by atoms with van der Waals surface area (Å²) in [6, 6.07) is 7.44. The largest absolute Gasteiger partial charge is 0.392 e. The maximum Gasteiger partial charge on any atom is 0.160 e. The Morgan fingerprint density at radius 2 is 2.09 bits per heavy atom. The SMILES string of the molecule is O=PCc1cccc(CO)c1. The van der Waals surface area contributed by atoms with Gasteiger partial charge in [-0.3, -0.25) is 4.57 Å². The zero-order valence-corrected chi connectivity index (χ0v) is 6.92. The molecule has 58 valence electrons. The molecule has 0 aliphatic rings. The minimum Gasteiger partial charge on any atom is -0.392 e. The monoisotopic (exact) mass is 168 g/mol. The number of aliphatic hydroxyl groups excluding tert-OH is 1. The summed E-state index contributed by atoms with van der Waals surface area (Å²) in [5.41, 5.74) is 1.86. The fourth-order valence-electron chi connectivity index (χ4n) is 0.901. The highest BCUT2D eigenvalue weighted by molar-refractivity contribution is 7.22. The first-order valence-electron chi connectivity index (χ1n) is 3.34. The van der Waals surface area contributed by atoms with E-state index in [0.29, 0.717) is 6.16 Å². The molecule has 0 saturated heterocycles. The molecule has 0 unspecified atom stereocenters. The van der Waals surface area contributed by atoms with Crippen LogP contribution in [0.1, 0.15) is 11.1 Å². The van der Waals surface area contributed by atoms with E-state index in [1.807, 2.05) is 24.3 Å². The standard InChI is InChI=1S/C8H9O2P/c9-5-7-2-1-3-8(4-7)6-11-10/h1-4,9H,5-6H2. The van der Waals surface area contributed by atoms with Gasteiger partial charge >= 0.3 is 0 Å². The number of benzene rings is 1. The maximum atomic E-state index is 10.2. The minimum atomic E-state index is 0.0452. The highest BCUT2D eigenvalue weighted by Crippen LogP contribution is 2.10. The number of aliphatic hydroxyl groups is 1. The van der Waals surface area contributed by atoms with E-state index in [2.05, 4.69) is 0 Å². The highest BCUT2D eigenvalue weighted by Gasteiger charge is 1.93. The smallest absolute Gasteiger partial charge is 0.160 e. The Hall–Kier alpha value is -0.720. The first-order chi connectivity index (χ1) is 5.36. The van der Waals surface area contributed by atoms with Crippen molar-refractivity contribution in [3.8, 4) is 0 Å². The first kappa shape index (κ1) is 8.38. The van der Waals surface area contributed by atoms with Crippen LogP contribution in [0.5, 0.6) is 0 Å². The molecule has 1 aromatic rings. The average molecular weight is 168 g/mol. The van der Waals surface area contributed by atoms with Gasteiger partial charge in [-0.05, 0) is 11.1 Å². The Kier molecular flexibility index (Phi) is 3.21. The third-order valence-electron chi connectivity index (χ3n) is 1.42. The molecule has 0 radical (unpaired) electrons. The van der Waals surface area contributed by atoms with E-state index in [0.717, 1.165) is 11.1 Å². The van der Waals surface area contributed by atoms with Crippen molar-refractivity contribution in [1.82, 2.24) is 0 Å². The lowest BCUT2D eigenvalue weighted by molar-refractivity contribution is 0.282. The molecule has 0 fully saturated rings. The van der Waals surface area contributed by atoms with Gasteiger partial charge in [0.2, 0.25) is 0 Å². The van der Waals surface area contributed by atoms with E-state index >= 15 is 0 Å². The van der Waals surface area contributed by atoms with Crippen LogP contribution in [-0.2, 0) is 17.3 Å². The summed E-state index contributed by atoms with van der Waals surface area (Å²) in [7, 11) is 0.122. The fraction of sp³-hybridized carbons (Fsp3) is 0.250. The molecule has 1 aromatic carbocycles. The molecule has 11 heavy (non-hydrogen) atoms. The second kappa shape index (κ2) is 4.22. The Bertz CT molecular complexity index is 248. The Balaban J connectivity index is 2.82. The van der Waals surface area contributed by atoms with Crippen molar-refractivity contribution >= 4 is 8.46 Å². The van der Waals surface area contributed by atoms with Crippen LogP contribution in [0.2, 0.25) is 0 Å². The Labute approximate surface area is 67.1 Å². The van der Waals surface area contributed by atoms with Gasteiger partial charge in [0.05, 0.1) is 12.8 Å². The van der Waals surface area contributed by atoms with Gasteiger partial charge in [-0.2, -0.15) is 0 Å². The first-order valence-corrected chi connectivity index (χ1v) is 4.34. The predicted octanol–water partition coefficient (Wildman–Crippen LogP) is 1.97. The Morgan fingerprint density at radius 1 is 1.36 bits per heavy atom. The number of hydrogen-bond donors (Lipinski definition) is 1. The summed E-state index contributed by atoms with van der Waals surface area (Å²) in [5, 5.41) is 8.75. The molecule has 3 heteroatoms. The molecule has 1 rings (SSSR count). The predicted molar refractivity (Wildman–Crippen MR) is 43.7 cm³/mol. The molecule has 0 amide bonds. The van der Waals surface area contributed by atoms with Crippen molar-refractivity contribution < 1.29 is 9.67 Å². The van der Waals surface area contributed by atoms with Gasteiger partial charge < -0.3 is 5.11 Å². The van der Waals surface area contributed by atoms with E-state index in [4.69, 9.17) is 5.11 Å². The summed E-state index contributed by atoms with van der Waals surface area (Å²) in [6.07, 6.45) is 0.522. The van der Waals surface area contributed by atoms with Crippen molar-refractivity contribution in [1.29, 1.82) is 0 Å². The van der Waals surface area contributed by atoms with Crippen molar-refractivity contribution in [2.75, 3.05) is 0 Å². The fourth-order valence-corrected chi connectivity index (χ4v) is 1.25. The van der Waals surface area contributed by atoms with E-state index in [9.17, 15) is 4.57 Å². The third kappa shape index (κ3) is 2.41. The number of hydrogen-bond acceptors (Lipinski definition) is 2. The Morgan fingerprint density at radius 3 is 2.73 bits per heavy atom. The van der Waals surface area contributed by atoms with Gasteiger partial charge in [0.1, 0.15) is 0 Å². The maximum absolute atomic E-state index is 10.2. The zero-order chi connectivity index (χ0) is 8.10. The van der Waals surface area contributed by atoms with Gasteiger partial charge in [0.25, 0.3) is 0 Å². The topological polar surface area (TPSA) is 37.3 Å². The molecular formula is C8H9O2P. The van der Waals surface area contributed by atoms with E-state index in [1.54, 1.807) is 0 Å². The van der Waals surface area contributed by atoms with Crippen LogP contribution in [0.4, 0.5) is 0 Å². The molecule has 2 nitrogen and oxygen atoms in total. The van der Waals surface area contributed by atoms with E-state index < -0.39 is 0 Å². The van der Waals surface area contributed by atoms with E-state index in [1.165, 1.54) is 0 Å². The van der Waals surface area contributed by atoms with Gasteiger partial charge in [-0.15, -0.1) is 0 Å². The molecule has 0 aliphatic carbocycles. The molecule has 0 aliphatic heterocycles. The highest BCUT2D eigenvalue weighted by atomic mass is 31.1. The summed E-state index contributed by atoms with van der Waals surface area (Å²) in [5.74, 6) is 0. The lowest BCUT2D eigenvalue weighted by atomic mass is 10.1. The quantitative estimate of drug-likeness (QED) is 0.700. The van der Waals surface area contributed by atoms with Gasteiger partial charge in [-0.25, -0.2) is 0 Å². The summed E-state index contributed by atoms with van der Waals surface area (Å²) in [4.78, 5) is 0. The number of rotatable bonds is 3. The minimum absolute atomic E-state index is 0.0452.